The molecule has 1 aliphatic rings. The first-order valence-corrected chi connectivity index (χ1v) is 8.07. The molecule has 0 bridgehead atoms. The summed E-state index contributed by atoms with van der Waals surface area (Å²) in [4.78, 5) is 12.1. The topological polar surface area (TPSA) is 89.3 Å². The summed E-state index contributed by atoms with van der Waals surface area (Å²) in [6.07, 6.45) is 1.40. The maximum absolute atomic E-state index is 12.1. The number of amides is 1. The third-order valence-electron chi connectivity index (χ3n) is 4.46. The van der Waals surface area contributed by atoms with Crippen LogP contribution in [0.15, 0.2) is 0 Å². The van der Waals surface area contributed by atoms with Crippen molar-refractivity contribution in [3.8, 4) is 0 Å². The molecule has 0 heterocycles. The molecule has 3 N–H and O–H groups in total. The normalized spacial score (nSPS) is 31.9. The summed E-state index contributed by atoms with van der Waals surface area (Å²) in [5.74, 6) is -0.582. The molecule has 5 nitrogen and oxygen atoms in total. The highest BCUT2D eigenvalue weighted by atomic mass is 32.2. The van der Waals surface area contributed by atoms with E-state index in [9.17, 15) is 13.2 Å². The molecule has 18 heavy (non-hydrogen) atoms. The van der Waals surface area contributed by atoms with Gasteiger partial charge in [0.15, 0.2) is 0 Å². The summed E-state index contributed by atoms with van der Waals surface area (Å²) in [5.41, 5.74) is 5.73. The Kier molecular flexibility index (Phi) is 4.43. The number of nitrogens with two attached hydrogens (primary N) is 1. The van der Waals surface area contributed by atoms with Crippen molar-refractivity contribution in [2.45, 2.75) is 46.6 Å². The van der Waals surface area contributed by atoms with Crippen LogP contribution >= 0.6 is 0 Å². The van der Waals surface area contributed by atoms with E-state index in [1.54, 1.807) is 0 Å². The second kappa shape index (κ2) is 5.17. The Morgan fingerprint density at radius 1 is 1.39 bits per heavy atom. The molecule has 0 saturated heterocycles. The van der Waals surface area contributed by atoms with Gasteiger partial charge in [0.05, 0.1) is 5.75 Å². The van der Waals surface area contributed by atoms with Crippen molar-refractivity contribution in [2.24, 2.45) is 23.0 Å². The molecule has 0 aromatic carbocycles. The van der Waals surface area contributed by atoms with Crippen molar-refractivity contribution in [1.29, 1.82) is 0 Å². The van der Waals surface area contributed by atoms with Gasteiger partial charge in [-0.25, -0.2) is 8.42 Å². The quantitative estimate of drug-likeness (QED) is 0.800. The van der Waals surface area contributed by atoms with Crippen LogP contribution in [0.4, 0.5) is 0 Å². The van der Waals surface area contributed by atoms with E-state index in [0.717, 1.165) is 6.42 Å². The molecule has 3 atom stereocenters. The first-order valence-electron chi connectivity index (χ1n) is 6.41. The number of carbonyl (C=O) groups excluding carboxylic acids is 1. The molecule has 6 heteroatoms. The molecule has 0 spiro atoms. The molecule has 106 valence electrons. The number of hydrogen-bond donors (Lipinski definition) is 2. The highest BCUT2D eigenvalue weighted by molar-refractivity contribution is 7.90. The molecule has 0 radical (unpaired) electrons. The Hall–Kier alpha value is -0.620. The maximum Gasteiger partial charge on any atom is 0.237 e. The van der Waals surface area contributed by atoms with Gasteiger partial charge in [0.1, 0.15) is 0 Å². The minimum absolute atomic E-state index is 0.0758. The lowest BCUT2D eigenvalue weighted by Gasteiger charge is -2.45. The van der Waals surface area contributed by atoms with Gasteiger partial charge in [0.2, 0.25) is 15.9 Å². The average Bonchev–Trinajstić information content (AvgIpc) is 2.25. The lowest BCUT2D eigenvalue weighted by molar-refractivity contribution is -0.130. The van der Waals surface area contributed by atoms with Crippen molar-refractivity contribution >= 4 is 15.9 Å². The summed E-state index contributed by atoms with van der Waals surface area (Å²) in [5, 5.41) is 0. The Labute approximate surface area is 110 Å². The minimum atomic E-state index is -3.48. The van der Waals surface area contributed by atoms with Crippen LogP contribution in [0.2, 0.25) is 0 Å². The smallest absolute Gasteiger partial charge is 0.237 e. The van der Waals surface area contributed by atoms with Crippen molar-refractivity contribution in [3.63, 3.8) is 0 Å². The third kappa shape index (κ3) is 3.03. The molecule has 1 rings (SSSR count). The summed E-state index contributed by atoms with van der Waals surface area (Å²) in [6.45, 7) is 7.51. The fourth-order valence-corrected chi connectivity index (χ4v) is 3.21. The van der Waals surface area contributed by atoms with Gasteiger partial charge < -0.3 is 5.73 Å². The lowest BCUT2D eigenvalue weighted by atomic mass is 9.61. The van der Waals surface area contributed by atoms with Gasteiger partial charge in [0.25, 0.3) is 0 Å². The molecule has 1 saturated carbocycles. The number of carbonyl (C=O) groups is 1. The summed E-state index contributed by atoms with van der Waals surface area (Å²) >= 11 is 0. The van der Waals surface area contributed by atoms with E-state index in [1.165, 1.54) is 6.92 Å². The molecule has 0 aliphatic heterocycles. The van der Waals surface area contributed by atoms with Crippen molar-refractivity contribution < 1.29 is 13.2 Å². The molecule has 3 unspecified atom stereocenters. The van der Waals surface area contributed by atoms with Crippen LogP contribution in [0.3, 0.4) is 0 Å². The van der Waals surface area contributed by atoms with Gasteiger partial charge in [-0.2, -0.15) is 0 Å². The van der Waals surface area contributed by atoms with Gasteiger partial charge >= 0.3 is 0 Å². The van der Waals surface area contributed by atoms with Gasteiger partial charge in [-0.1, -0.05) is 20.8 Å². The number of hydrogen-bond acceptors (Lipinski definition) is 4. The first-order chi connectivity index (χ1) is 8.12. The van der Waals surface area contributed by atoms with Gasteiger partial charge in [0, 0.05) is 12.0 Å². The maximum atomic E-state index is 12.1. The number of nitrogens with one attached hydrogen (secondary N) is 1. The predicted octanol–water partition coefficient (Wildman–Crippen LogP) is 0.852. The Morgan fingerprint density at radius 2 is 1.94 bits per heavy atom. The molecule has 1 fully saturated rings. The number of sulfonamides is 1. The number of rotatable bonds is 3. The monoisotopic (exact) mass is 276 g/mol. The molecule has 0 aromatic rings. The van der Waals surface area contributed by atoms with Crippen molar-refractivity contribution in [1.82, 2.24) is 4.72 Å². The van der Waals surface area contributed by atoms with Crippen LogP contribution in [0.25, 0.3) is 0 Å². The molecular weight excluding hydrogens is 252 g/mol. The average molecular weight is 276 g/mol. The van der Waals surface area contributed by atoms with Crippen LogP contribution in [0, 0.1) is 17.3 Å². The van der Waals surface area contributed by atoms with Crippen LogP contribution in [-0.2, 0) is 14.8 Å². The SMILES string of the molecule is CCS(=O)(=O)NC(=O)C1CCC(N)C(C)C1(C)C. The van der Waals surface area contributed by atoms with E-state index in [4.69, 9.17) is 5.73 Å². The van der Waals surface area contributed by atoms with Crippen LogP contribution in [-0.4, -0.2) is 26.1 Å². The Bertz CT molecular complexity index is 417. The lowest BCUT2D eigenvalue weighted by Crippen LogP contribution is -2.52. The van der Waals surface area contributed by atoms with E-state index in [-0.39, 0.29) is 35.0 Å². The van der Waals surface area contributed by atoms with E-state index in [0.29, 0.717) is 6.42 Å². The predicted molar refractivity (Wildman–Crippen MR) is 71.2 cm³/mol. The highest BCUT2D eigenvalue weighted by Crippen LogP contribution is 2.44. The van der Waals surface area contributed by atoms with Crippen molar-refractivity contribution in [3.05, 3.63) is 0 Å². The molecule has 1 aliphatic carbocycles. The fraction of sp³-hybridized carbons (Fsp3) is 0.917. The summed E-state index contributed by atoms with van der Waals surface area (Å²) < 4.78 is 25.1. The van der Waals surface area contributed by atoms with Crippen LogP contribution in [0.5, 0.6) is 0 Å². The van der Waals surface area contributed by atoms with Gasteiger partial charge in [-0.3, -0.25) is 9.52 Å². The standard InChI is InChI=1S/C12H24N2O3S/c1-5-18(16,17)14-11(15)9-6-7-10(13)8(2)12(9,3)4/h8-10H,5-7,13H2,1-4H3,(H,14,15). The second-order valence-corrected chi connectivity index (χ2v) is 7.78. The van der Waals surface area contributed by atoms with Gasteiger partial charge in [-0.05, 0) is 31.1 Å². The zero-order valence-corrected chi connectivity index (χ0v) is 12.4. The summed E-state index contributed by atoms with van der Waals surface area (Å²) in [7, 11) is -3.48. The van der Waals surface area contributed by atoms with E-state index < -0.39 is 10.0 Å². The van der Waals surface area contributed by atoms with Crippen LogP contribution in [0.1, 0.15) is 40.5 Å². The van der Waals surface area contributed by atoms with E-state index >= 15 is 0 Å². The summed E-state index contributed by atoms with van der Waals surface area (Å²) in [6, 6.07) is 0.0758. The zero-order chi connectivity index (χ0) is 14.1. The fourth-order valence-electron chi connectivity index (χ4n) is 2.62. The van der Waals surface area contributed by atoms with E-state index in [1.807, 2.05) is 20.8 Å². The zero-order valence-electron chi connectivity index (χ0n) is 11.6. The second-order valence-electron chi connectivity index (χ2n) is 5.77. The van der Waals surface area contributed by atoms with Crippen molar-refractivity contribution in [2.75, 3.05) is 5.75 Å². The Balaban J connectivity index is 2.87. The molecule has 1 amide bonds. The third-order valence-corrected chi connectivity index (χ3v) is 5.73. The van der Waals surface area contributed by atoms with E-state index in [2.05, 4.69) is 4.72 Å². The Morgan fingerprint density at radius 3 is 2.44 bits per heavy atom. The largest absolute Gasteiger partial charge is 0.327 e. The minimum Gasteiger partial charge on any atom is -0.327 e. The first kappa shape index (κ1) is 15.4. The molecule has 0 aromatic heterocycles. The van der Waals surface area contributed by atoms with Crippen LogP contribution < -0.4 is 10.5 Å². The highest BCUT2D eigenvalue weighted by Gasteiger charge is 2.45. The van der Waals surface area contributed by atoms with Gasteiger partial charge in [-0.15, -0.1) is 0 Å². The molecular formula is C12H24N2O3S.